The lowest BCUT2D eigenvalue weighted by Crippen LogP contribution is -2.26. The first kappa shape index (κ1) is 17.0. The van der Waals surface area contributed by atoms with Crippen molar-refractivity contribution < 1.29 is 18.7 Å². The van der Waals surface area contributed by atoms with E-state index in [9.17, 15) is 4.79 Å². The molecule has 0 fully saturated rings. The lowest BCUT2D eigenvalue weighted by atomic mass is 10.0. The molecule has 0 spiro atoms. The Hall–Kier alpha value is -1.85. The Bertz CT molecular complexity index is 692. The highest BCUT2D eigenvalue weighted by molar-refractivity contribution is 5.88. The van der Waals surface area contributed by atoms with Gasteiger partial charge in [0, 0.05) is 31.2 Å². The van der Waals surface area contributed by atoms with Gasteiger partial charge in [0.15, 0.2) is 0 Å². The number of ether oxygens (including phenoxy) is 2. The van der Waals surface area contributed by atoms with Crippen molar-refractivity contribution in [3.8, 4) is 0 Å². The molecule has 1 aromatic carbocycles. The highest BCUT2D eigenvalue weighted by Crippen LogP contribution is 2.30. The predicted octanol–water partition coefficient (Wildman–Crippen LogP) is 2.63. The predicted molar refractivity (Wildman–Crippen MR) is 92.3 cm³/mol. The molecule has 0 bridgehead atoms. The average molecular weight is 331 g/mol. The van der Waals surface area contributed by atoms with Crippen molar-refractivity contribution in [2.45, 2.75) is 32.1 Å². The van der Waals surface area contributed by atoms with E-state index in [1.165, 1.54) is 17.5 Å². The minimum Gasteiger partial charge on any atom is -0.464 e. The smallest absolute Gasteiger partial charge is 0.224 e. The normalized spacial score (nSPS) is 13.4. The molecule has 5 heteroatoms. The lowest BCUT2D eigenvalue weighted by molar-refractivity contribution is -0.120. The Kier molecular flexibility index (Phi) is 5.88. The second-order valence-electron chi connectivity index (χ2n) is 6.22. The molecule has 5 nitrogen and oxygen atoms in total. The Labute approximate surface area is 142 Å². The van der Waals surface area contributed by atoms with Gasteiger partial charge in [-0.15, -0.1) is 0 Å². The van der Waals surface area contributed by atoms with Crippen LogP contribution in [0.1, 0.15) is 29.5 Å². The number of fused-ring (bicyclic) bond motifs is 2. The number of nitrogens with one attached hydrogen (secondary N) is 1. The van der Waals surface area contributed by atoms with Crippen LogP contribution in [0.4, 0.5) is 0 Å². The Morgan fingerprint density at radius 2 is 2.04 bits per heavy atom. The molecule has 0 saturated heterocycles. The summed E-state index contributed by atoms with van der Waals surface area (Å²) < 4.78 is 15.9. The third-order valence-electron chi connectivity index (χ3n) is 4.44. The molecule has 0 radical (unpaired) electrons. The second kappa shape index (κ2) is 8.31. The van der Waals surface area contributed by atoms with E-state index in [0.29, 0.717) is 32.8 Å². The second-order valence-corrected chi connectivity index (χ2v) is 6.22. The van der Waals surface area contributed by atoms with Crippen molar-refractivity contribution in [2.75, 3.05) is 33.5 Å². The van der Waals surface area contributed by atoms with Crippen LogP contribution in [0.5, 0.6) is 0 Å². The van der Waals surface area contributed by atoms with Gasteiger partial charge in [0.1, 0.15) is 5.58 Å². The maximum atomic E-state index is 12.1. The van der Waals surface area contributed by atoms with Gasteiger partial charge < -0.3 is 19.2 Å². The van der Waals surface area contributed by atoms with Crippen LogP contribution in [0.3, 0.4) is 0 Å². The summed E-state index contributed by atoms with van der Waals surface area (Å²) in [5, 5.41) is 4.01. The average Bonchev–Trinajstić information content (AvgIpc) is 3.19. The summed E-state index contributed by atoms with van der Waals surface area (Å²) in [6, 6.07) is 4.34. The molecule has 0 unspecified atom stereocenters. The Morgan fingerprint density at radius 3 is 2.88 bits per heavy atom. The van der Waals surface area contributed by atoms with Crippen molar-refractivity contribution in [3.05, 3.63) is 35.1 Å². The number of carbonyl (C=O) groups excluding carboxylic acids is 1. The van der Waals surface area contributed by atoms with E-state index < -0.39 is 0 Å². The van der Waals surface area contributed by atoms with Gasteiger partial charge in [-0.1, -0.05) is 0 Å². The van der Waals surface area contributed by atoms with Crippen molar-refractivity contribution >= 4 is 16.9 Å². The minimum atomic E-state index is 0.0232. The van der Waals surface area contributed by atoms with Crippen LogP contribution >= 0.6 is 0 Å². The summed E-state index contributed by atoms with van der Waals surface area (Å²) in [4.78, 5) is 12.1. The largest absolute Gasteiger partial charge is 0.464 e. The van der Waals surface area contributed by atoms with E-state index >= 15 is 0 Å². The molecule has 3 rings (SSSR count). The van der Waals surface area contributed by atoms with Gasteiger partial charge in [-0.25, -0.2) is 0 Å². The van der Waals surface area contributed by atoms with E-state index in [4.69, 9.17) is 13.9 Å². The third kappa shape index (κ3) is 4.16. The van der Waals surface area contributed by atoms with Gasteiger partial charge in [-0.2, -0.15) is 0 Å². The molecule has 0 atom stereocenters. The highest BCUT2D eigenvalue weighted by Gasteiger charge is 2.16. The molecule has 0 aliphatic heterocycles. The van der Waals surface area contributed by atoms with Gasteiger partial charge >= 0.3 is 0 Å². The SMILES string of the molecule is COCCOCCCNC(=O)Cc1coc2cc3c(cc12)CCC3. The highest BCUT2D eigenvalue weighted by atomic mass is 16.5. The zero-order chi connectivity index (χ0) is 16.8. The standard InChI is InChI=1S/C19H25NO4/c1-22-8-9-23-7-3-6-20-19(21)12-16-13-24-18-11-15-5-2-4-14(15)10-17(16)18/h10-11,13H,2-9,12H2,1H3,(H,20,21). The fraction of sp³-hybridized carbons (Fsp3) is 0.526. The topological polar surface area (TPSA) is 60.7 Å². The number of rotatable bonds is 9. The minimum absolute atomic E-state index is 0.0232. The summed E-state index contributed by atoms with van der Waals surface area (Å²) >= 11 is 0. The summed E-state index contributed by atoms with van der Waals surface area (Å²) in [5.74, 6) is 0.0232. The van der Waals surface area contributed by atoms with E-state index in [1.807, 2.05) is 0 Å². The fourth-order valence-electron chi connectivity index (χ4n) is 3.17. The number of benzene rings is 1. The fourth-order valence-corrected chi connectivity index (χ4v) is 3.17. The maximum absolute atomic E-state index is 12.1. The summed E-state index contributed by atoms with van der Waals surface area (Å²) in [6.07, 6.45) is 6.35. The van der Waals surface area contributed by atoms with Crippen molar-refractivity contribution in [2.24, 2.45) is 0 Å². The Morgan fingerprint density at radius 1 is 1.21 bits per heavy atom. The zero-order valence-electron chi connectivity index (χ0n) is 14.2. The van der Waals surface area contributed by atoms with E-state index in [1.54, 1.807) is 13.4 Å². The molecule has 1 aromatic heterocycles. The van der Waals surface area contributed by atoms with Crippen molar-refractivity contribution in [1.29, 1.82) is 0 Å². The van der Waals surface area contributed by atoms with Crippen LogP contribution in [0.15, 0.2) is 22.8 Å². The van der Waals surface area contributed by atoms with E-state index in [-0.39, 0.29) is 5.91 Å². The van der Waals surface area contributed by atoms with Crippen LogP contribution < -0.4 is 5.32 Å². The van der Waals surface area contributed by atoms with Crippen LogP contribution in [-0.4, -0.2) is 39.4 Å². The van der Waals surface area contributed by atoms with Crippen molar-refractivity contribution in [1.82, 2.24) is 5.32 Å². The van der Waals surface area contributed by atoms with Crippen LogP contribution in [0.2, 0.25) is 0 Å². The number of hydrogen-bond donors (Lipinski definition) is 1. The first-order valence-corrected chi connectivity index (χ1v) is 8.63. The molecular formula is C19H25NO4. The van der Waals surface area contributed by atoms with Crippen LogP contribution in [0.25, 0.3) is 11.0 Å². The molecule has 1 aliphatic rings. The maximum Gasteiger partial charge on any atom is 0.224 e. The van der Waals surface area contributed by atoms with Gasteiger partial charge in [0.25, 0.3) is 0 Å². The number of aryl methyl sites for hydroxylation is 2. The van der Waals surface area contributed by atoms with E-state index in [0.717, 1.165) is 35.8 Å². The summed E-state index contributed by atoms with van der Waals surface area (Å²) in [6.45, 7) is 2.45. The van der Waals surface area contributed by atoms with Crippen molar-refractivity contribution in [3.63, 3.8) is 0 Å². The molecule has 1 aliphatic carbocycles. The van der Waals surface area contributed by atoms with Gasteiger partial charge in [-0.3, -0.25) is 4.79 Å². The zero-order valence-corrected chi connectivity index (χ0v) is 14.2. The van der Waals surface area contributed by atoms with Gasteiger partial charge in [-0.05, 0) is 48.9 Å². The number of hydrogen-bond acceptors (Lipinski definition) is 4. The number of amides is 1. The van der Waals surface area contributed by atoms with Crippen LogP contribution in [0, 0.1) is 0 Å². The van der Waals surface area contributed by atoms with E-state index in [2.05, 4.69) is 17.4 Å². The van der Waals surface area contributed by atoms with Gasteiger partial charge in [0.05, 0.1) is 25.9 Å². The molecule has 1 N–H and O–H groups in total. The van der Waals surface area contributed by atoms with Crippen LogP contribution in [-0.2, 0) is 33.5 Å². The molecule has 0 saturated carbocycles. The summed E-state index contributed by atoms with van der Waals surface area (Å²) in [5.41, 5.74) is 4.65. The number of carbonyl (C=O) groups is 1. The molecule has 1 amide bonds. The molecule has 24 heavy (non-hydrogen) atoms. The molecule has 130 valence electrons. The lowest BCUT2D eigenvalue weighted by Gasteiger charge is -2.06. The summed E-state index contributed by atoms with van der Waals surface area (Å²) in [7, 11) is 1.65. The first-order valence-electron chi connectivity index (χ1n) is 8.63. The number of methoxy groups -OCH3 is 1. The Balaban J connectivity index is 1.47. The molecular weight excluding hydrogens is 306 g/mol. The third-order valence-corrected chi connectivity index (χ3v) is 4.44. The number of furan rings is 1. The molecule has 2 aromatic rings. The first-order chi connectivity index (χ1) is 11.8. The quantitative estimate of drug-likeness (QED) is 0.718. The monoisotopic (exact) mass is 331 g/mol. The molecule has 1 heterocycles. The van der Waals surface area contributed by atoms with Gasteiger partial charge in [0.2, 0.25) is 5.91 Å².